The van der Waals surface area contributed by atoms with E-state index < -0.39 is 5.97 Å². The van der Waals surface area contributed by atoms with E-state index in [1.807, 2.05) is 30.0 Å². The lowest BCUT2D eigenvalue weighted by Crippen LogP contribution is -2.23. The van der Waals surface area contributed by atoms with Crippen molar-refractivity contribution in [3.8, 4) is 6.07 Å². The maximum atomic E-state index is 11.1. The van der Waals surface area contributed by atoms with Gasteiger partial charge < -0.3 is 10.0 Å². The maximum absolute atomic E-state index is 11.1. The number of carboxylic acid groups (broad SMARTS) is 1. The van der Waals surface area contributed by atoms with E-state index in [0.29, 0.717) is 25.1 Å². The van der Waals surface area contributed by atoms with Crippen LogP contribution in [-0.2, 0) is 4.79 Å². The Kier molecular flexibility index (Phi) is 3.22. The molecule has 1 atom stereocenters. The second-order valence-corrected chi connectivity index (χ2v) is 5.42. The number of nitrogens with zero attached hydrogens (tertiary/aromatic N) is 3. The standard InChI is InChI=1S/C16H15N3O2/c1-10-2-3-14-13(6-10)15(12(7-17)8-18-14)19-5-4-11(9-19)16(20)21/h2-3,6,8,11H,4-5,9H2,1H3,(H,20,21). The summed E-state index contributed by atoms with van der Waals surface area (Å²) in [5, 5.41) is 19.4. The monoisotopic (exact) mass is 281 g/mol. The quantitative estimate of drug-likeness (QED) is 0.914. The van der Waals surface area contributed by atoms with Gasteiger partial charge in [-0.05, 0) is 25.5 Å². The Balaban J connectivity index is 2.14. The fourth-order valence-corrected chi connectivity index (χ4v) is 2.88. The molecule has 1 aromatic carbocycles. The number of rotatable bonds is 2. The van der Waals surface area contributed by atoms with Crippen LogP contribution in [0.15, 0.2) is 24.4 Å². The van der Waals surface area contributed by atoms with E-state index >= 15 is 0 Å². The Morgan fingerprint density at radius 2 is 2.33 bits per heavy atom. The van der Waals surface area contributed by atoms with Crippen LogP contribution in [-0.4, -0.2) is 29.1 Å². The molecule has 0 amide bonds. The highest BCUT2D eigenvalue weighted by atomic mass is 16.4. The van der Waals surface area contributed by atoms with Crippen LogP contribution < -0.4 is 4.90 Å². The topological polar surface area (TPSA) is 77.2 Å². The number of carboxylic acids is 1. The first-order valence-electron chi connectivity index (χ1n) is 6.87. The number of nitriles is 1. The molecule has 3 rings (SSSR count). The zero-order chi connectivity index (χ0) is 15.0. The zero-order valence-corrected chi connectivity index (χ0v) is 11.7. The van der Waals surface area contributed by atoms with Gasteiger partial charge in [-0.15, -0.1) is 0 Å². The highest BCUT2D eigenvalue weighted by Gasteiger charge is 2.30. The van der Waals surface area contributed by atoms with Gasteiger partial charge in [-0.1, -0.05) is 11.6 Å². The van der Waals surface area contributed by atoms with E-state index in [9.17, 15) is 10.1 Å². The van der Waals surface area contributed by atoms with Gasteiger partial charge >= 0.3 is 5.97 Å². The Hall–Kier alpha value is -2.61. The Bertz CT molecular complexity index is 764. The molecule has 1 saturated heterocycles. The number of pyridine rings is 1. The molecule has 2 heterocycles. The smallest absolute Gasteiger partial charge is 0.308 e. The van der Waals surface area contributed by atoms with Crippen LogP contribution in [0, 0.1) is 24.2 Å². The largest absolute Gasteiger partial charge is 0.481 e. The van der Waals surface area contributed by atoms with Crippen molar-refractivity contribution in [2.45, 2.75) is 13.3 Å². The summed E-state index contributed by atoms with van der Waals surface area (Å²) in [5.74, 6) is -1.14. The van der Waals surface area contributed by atoms with Crippen molar-refractivity contribution in [2.24, 2.45) is 5.92 Å². The lowest BCUT2D eigenvalue weighted by Gasteiger charge is -2.21. The summed E-state index contributed by atoms with van der Waals surface area (Å²) >= 11 is 0. The zero-order valence-electron chi connectivity index (χ0n) is 11.7. The molecule has 5 nitrogen and oxygen atoms in total. The summed E-state index contributed by atoms with van der Waals surface area (Å²) in [6, 6.07) is 8.10. The molecule has 1 aliphatic rings. The molecule has 0 spiro atoms. The van der Waals surface area contributed by atoms with Gasteiger partial charge in [0.1, 0.15) is 6.07 Å². The summed E-state index contributed by atoms with van der Waals surface area (Å²) < 4.78 is 0. The van der Waals surface area contributed by atoms with Gasteiger partial charge in [0.2, 0.25) is 0 Å². The van der Waals surface area contributed by atoms with Crippen LogP contribution in [0.25, 0.3) is 10.9 Å². The van der Waals surface area contributed by atoms with Crippen LogP contribution >= 0.6 is 0 Å². The van der Waals surface area contributed by atoms with Crippen LogP contribution in [0.5, 0.6) is 0 Å². The van der Waals surface area contributed by atoms with E-state index in [0.717, 1.165) is 22.2 Å². The second-order valence-electron chi connectivity index (χ2n) is 5.42. The fourth-order valence-electron chi connectivity index (χ4n) is 2.88. The SMILES string of the molecule is Cc1ccc2ncc(C#N)c(N3CCC(C(=O)O)C3)c2c1. The Morgan fingerprint density at radius 1 is 1.52 bits per heavy atom. The summed E-state index contributed by atoms with van der Waals surface area (Å²) in [4.78, 5) is 17.5. The summed E-state index contributed by atoms with van der Waals surface area (Å²) in [7, 11) is 0. The van der Waals surface area contributed by atoms with Gasteiger partial charge in [0, 0.05) is 24.7 Å². The van der Waals surface area contributed by atoms with Crippen LogP contribution in [0.2, 0.25) is 0 Å². The highest BCUT2D eigenvalue weighted by Crippen LogP contribution is 2.33. The van der Waals surface area contributed by atoms with Gasteiger partial charge in [-0.3, -0.25) is 9.78 Å². The third kappa shape index (κ3) is 2.29. The van der Waals surface area contributed by atoms with E-state index in [-0.39, 0.29) is 5.92 Å². The Morgan fingerprint density at radius 3 is 3.00 bits per heavy atom. The van der Waals surface area contributed by atoms with Crippen LogP contribution in [0.3, 0.4) is 0 Å². The molecule has 1 aliphatic heterocycles. The predicted octanol–water partition coefficient (Wildman–Crippen LogP) is 2.33. The molecule has 0 bridgehead atoms. The van der Waals surface area contributed by atoms with E-state index in [4.69, 9.17) is 5.11 Å². The summed E-state index contributed by atoms with van der Waals surface area (Å²) in [5.41, 5.74) is 3.23. The number of fused-ring (bicyclic) bond motifs is 1. The lowest BCUT2D eigenvalue weighted by atomic mass is 10.1. The highest BCUT2D eigenvalue weighted by molar-refractivity contribution is 5.95. The molecule has 0 saturated carbocycles. The number of hydrogen-bond donors (Lipinski definition) is 1. The van der Waals surface area contributed by atoms with Crippen molar-refractivity contribution in [3.05, 3.63) is 35.5 Å². The summed E-state index contributed by atoms with van der Waals surface area (Å²) in [6.45, 7) is 3.09. The van der Waals surface area contributed by atoms with Crippen molar-refractivity contribution < 1.29 is 9.90 Å². The average molecular weight is 281 g/mol. The Labute approximate surface area is 122 Å². The van der Waals surface area contributed by atoms with Gasteiger partial charge in [0.15, 0.2) is 0 Å². The maximum Gasteiger partial charge on any atom is 0.308 e. The van der Waals surface area contributed by atoms with Gasteiger partial charge in [0.25, 0.3) is 0 Å². The number of benzene rings is 1. The number of hydrogen-bond acceptors (Lipinski definition) is 4. The molecule has 1 aromatic heterocycles. The van der Waals surface area contributed by atoms with Crippen LogP contribution in [0.4, 0.5) is 5.69 Å². The predicted molar refractivity (Wildman–Crippen MR) is 79.2 cm³/mol. The van der Waals surface area contributed by atoms with Crippen molar-refractivity contribution in [3.63, 3.8) is 0 Å². The lowest BCUT2D eigenvalue weighted by molar-refractivity contribution is -0.140. The van der Waals surface area contributed by atoms with E-state index in [1.165, 1.54) is 0 Å². The number of anilines is 1. The molecule has 2 aromatic rings. The number of aliphatic carboxylic acids is 1. The first kappa shape index (κ1) is 13.4. The molecule has 1 unspecified atom stereocenters. The van der Waals surface area contributed by atoms with E-state index in [1.54, 1.807) is 6.20 Å². The molecule has 0 radical (unpaired) electrons. The minimum atomic E-state index is -0.773. The third-order valence-corrected chi connectivity index (χ3v) is 3.97. The molecular formula is C16H15N3O2. The summed E-state index contributed by atoms with van der Waals surface area (Å²) in [6.07, 6.45) is 2.18. The normalized spacial score (nSPS) is 17.9. The number of aryl methyl sites for hydroxylation is 1. The molecule has 5 heteroatoms. The average Bonchev–Trinajstić information content (AvgIpc) is 2.95. The van der Waals surface area contributed by atoms with Gasteiger partial charge in [0.05, 0.1) is 22.7 Å². The minimum absolute atomic E-state index is 0.371. The first-order chi connectivity index (χ1) is 10.1. The van der Waals surface area contributed by atoms with Crippen molar-refractivity contribution in [2.75, 3.05) is 18.0 Å². The van der Waals surface area contributed by atoms with Crippen LogP contribution in [0.1, 0.15) is 17.5 Å². The molecule has 0 aliphatic carbocycles. The number of aromatic nitrogens is 1. The third-order valence-electron chi connectivity index (χ3n) is 3.97. The molecule has 1 N–H and O–H groups in total. The van der Waals surface area contributed by atoms with E-state index in [2.05, 4.69) is 11.1 Å². The second kappa shape index (κ2) is 5.06. The molecule has 1 fully saturated rings. The van der Waals surface area contributed by atoms with Gasteiger partial charge in [-0.25, -0.2) is 0 Å². The number of carbonyl (C=O) groups is 1. The van der Waals surface area contributed by atoms with Crippen molar-refractivity contribution >= 4 is 22.6 Å². The van der Waals surface area contributed by atoms with Crippen molar-refractivity contribution in [1.82, 2.24) is 4.98 Å². The first-order valence-corrected chi connectivity index (χ1v) is 6.87. The minimum Gasteiger partial charge on any atom is -0.481 e. The molecule has 106 valence electrons. The van der Waals surface area contributed by atoms with Crippen molar-refractivity contribution in [1.29, 1.82) is 5.26 Å². The fraction of sp³-hybridized carbons (Fsp3) is 0.312. The van der Waals surface area contributed by atoms with Gasteiger partial charge in [-0.2, -0.15) is 5.26 Å². The molecule has 21 heavy (non-hydrogen) atoms. The molecular weight excluding hydrogens is 266 g/mol.